The molecule has 2 aliphatic rings. The number of hydrogen-bond donors (Lipinski definition) is 1. The highest BCUT2D eigenvalue weighted by atomic mass is 16.1. The molecule has 0 radical (unpaired) electrons. The Balaban J connectivity index is 1.20. The Morgan fingerprint density at radius 1 is 1.00 bits per heavy atom. The molecule has 3 heteroatoms. The van der Waals surface area contributed by atoms with Crippen molar-refractivity contribution in [2.75, 3.05) is 25.0 Å². The number of anilines is 1. The van der Waals surface area contributed by atoms with Crippen molar-refractivity contribution in [3.8, 4) is 0 Å². The summed E-state index contributed by atoms with van der Waals surface area (Å²) < 4.78 is 0. The normalized spacial score (nSPS) is 17.7. The summed E-state index contributed by atoms with van der Waals surface area (Å²) in [5, 5.41) is 2.96. The average molecular weight is 334 g/mol. The first kappa shape index (κ1) is 16.3. The fourth-order valence-corrected chi connectivity index (χ4v) is 4.04. The number of carbonyl (C=O) groups excluding carboxylic acids is 1. The van der Waals surface area contributed by atoms with Gasteiger partial charge in [0.25, 0.3) is 0 Å². The highest BCUT2D eigenvalue weighted by Crippen LogP contribution is 2.27. The van der Waals surface area contributed by atoms with E-state index < -0.39 is 0 Å². The minimum Gasteiger partial charge on any atom is -0.326 e. The topological polar surface area (TPSA) is 32.3 Å². The number of aryl methyl sites for hydroxylation is 2. The van der Waals surface area contributed by atoms with Crippen LogP contribution in [0, 0.1) is 5.92 Å². The molecule has 2 aliphatic heterocycles. The van der Waals surface area contributed by atoms with Gasteiger partial charge in [0.2, 0.25) is 5.91 Å². The van der Waals surface area contributed by atoms with Crippen molar-refractivity contribution in [1.82, 2.24) is 4.90 Å². The molecule has 2 heterocycles. The predicted molar refractivity (Wildman–Crippen MR) is 102 cm³/mol. The van der Waals surface area contributed by atoms with Gasteiger partial charge in [-0.15, -0.1) is 0 Å². The summed E-state index contributed by atoms with van der Waals surface area (Å²) in [6.45, 7) is 3.66. The molecule has 1 saturated heterocycles. The standard InChI is InChI=1S/C22H26N2O/c25-22-11-9-20-14-18(8-10-21(20)23-22)13-19-15-24(16-19)12-4-7-17-5-2-1-3-6-17/h1-3,5-6,8,10,14,19H,4,7,9,11-13,15-16H2,(H,23,25). The van der Waals surface area contributed by atoms with Gasteiger partial charge in [0.15, 0.2) is 0 Å². The van der Waals surface area contributed by atoms with Crippen molar-refractivity contribution in [2.24, 2.45) is 5.92 Å². The van der Waals surface area contributed by atoms with Gasteiger partial charge in [-0.1, -0.05) is 42.5 Å². The van der Waals surface area contributed by atoms with Gasteiger partial charge in [0, 0.05) is 25.2 Å². The Hall–Kier alpha value is -2.13. The molecule has 2 aromatic rings. The van der Waals surface area contributed by atoms with Gasteiger partial charge >= 0.3 is 0 Å². The van der Waals surface area contributed by atoms with Crippen LogP contribution in [0.15, 0.2) is 48.5 Å². The lowest BCUT2D eigenvalue weighted by atomic mass is 9.90. The minimum absolute atomic E-state index is 0.144. The highest BCUT2D eigenvalue weighted by Gasteiger charge is 2.26. The van der Waals surface area contributed by atoms with Crippen LogP contribution >= 0.6 is 0 Å². The van der Waals surface area contributed by atoms with E-state index in [4.69, 9.17) is 0 Å². The number of fused-ring (bicyclic) bond motifs is 1. The molecule has 0 unspecified atom stereocenters. The average Bonchev–Trinajstić information content (AvgIpc) is 2.60. The van der Waals surface area contributed by atoms with Gasteiger partial charge < -0.3 is 10.2 Å². The van der Waals surface area contributed by atoms with Crippen LogP contribution in [0.3, 0.4) is 0 Å². The Kier molecular flexibility index (Phi) is 4.84. The zero-order valence-corrected chi connectivity index (χ0v) is 14.7. The first-order valence-corrected chi connectivity index (χ1v) is 9.44. The lowest BCUT2D eigenvalue weighted by Crippen LogP contribution is -2.47. The Morgan fingerprint density at radius 2 is 1.84 bits per heavy atom. The number of likely N-dealkylation sites (tertiary alicyclic amines) is 1. The molecular weight excluding hydrogens is 308 g/mol. The number of nitrogens with one attached hydrogen (secondary N) is 1. The molecule has 130 valence electrons. The molecule has 1 amide bonds. The quantitative estimate of drug-likeness (QED) is 0.874. The summed E-state index contributed by atoms with van der Waals surface area (Å²) in [6, 6.07) is 17.3. The third kappa shape index (κ3) is 4.10. The zero-order chi connectivity index (χ0) is 17.1. The Labute approximate surface area is 150 Å². The summed E-state index contributed by atoms with van der Waals surface area (Å²) in [4.78, 5) is 14.0. The predicted octanol–water partition coefficient (Wildman–Crippen LogP) is 3.68. The van der Waals surface area contributed by atoms with E-state index in [0.29, 0.717) is 6.42 Å². The van der Waals surface area contributed by atoms with Crippen LogP contribution in [-0.4, -0.2) is 30.4 Å². The molecule has 25 heavy (non-hydrogen) atoms. The van der Waals surface area contributed by atoms with Crippen molar-refractivity contribution in [2.45, 2.75) is 32.1 Å². The second-order valence-electron chi connectivity index (χ2n) is 7.46. The Bertz CT molecular complexity index is 735. The number of nitrogens with zero attached hydrogens (tertiary/aromatic N) is 1. The van der Waals surface area contributed by atoms with E-state index in [1.807, 2.05) is 0 Å². The first-order valence-electron chi connectivity index (χ1n) is 9.44. The first-order chi connectivity index (χ1) is 12.3. The van der Waals surface area contributed by atoms with Gasteiger partial charge in [-0.3, -0.25) is 4.79 Å². The number of hydrogen-bond acceptors (Lipinski definition) is 2. The number of carbonyl (C=O) groups is 1. The van der Waals surface area contributed by atoms with Gasteiger partial charge in [0.1, 0.15) is 0 Å². The maximum atomic E-state index is 11.4. The molecule has 1 fully saturated rings. The number of amides is 1. The largest absolute Gasteiger partial charge is 0.326 e. The van der Waals surface area contributed by atoms with E-state index in [9.17, 15) is 4.79 Å². The molecule has 4 rings (SSSR count). The third-order valence-corrected chi connectivity index (χ3v) is 5.40. The van der Waals surface area contributed by atoms with Crippen LogP contribution in [0.1, 0.15) is 29.5 Å². The molecule has 0 saturated carbocycles. The fourth-order valence-electron chi connectivity index (χ4n) is 4.04. The summed E-state index contributed by atoms with van der Waals surface area (Å²) in [5.74, 6) is 0.929. The molecule has 0 aliphatic carbocycles. The van der Waals surface area contributed by atoms with Crippen molar-refractivity contribution in [3.05, 3.63) is 65.2 Å². The van der Waals surface area contributed by atoms with Crippen LogP contribution in [0.2, 0.25) is 0 Å². The number of rotatable bonds is 6. The smallest absolute Gasteiger partial charge is 0.224 e. The monoisotopic (exact) mass is 334 g/mol. The third-order valence-electron chi connectivity index (χ3n) is 5.40. The van der Waals surface area contributed by atoms with E-state index >= 15 is 0 Å². The summed E-state index contributed by atoms with van der Waals surface area (Å²) in [6.07, 6.45) is 5.09. The molecule has 2 aromatic carbocycles. The van der Waals surface area contributed by atoms with Crippen LogP contribution in [-0.2, 0) is 24.1 Å². The van der Waals surface area contributed by atoms with Crippen molar-refractivity contribution >= 4 is 11.6 Å². The van der Waals surface area contributed by atoms with Crippen LogP contribution in [0.4, 0.5) is 5.69 Å². The molecule has 1 N–H and O–H groups in total. The van der Waals surface area contributed by atoms with Gasteiger partial charge in [0.05, 0.1) is 0 Å². The van der Waals surface area contributed by atoms with E-state index in [0.717, 1.165) is 24.4 Å². The van der Waals surface area contributed by atoms with Gasteiger partial charge in [-0.05, 0) is 60.9 Å². The SMILES string of the molecule is O=C1CCc2cc(CC3CN(CCCc4ccccc4)C3)ccc2N1. The maximum absolute atomic E-state index is 11.4. The molecule has 0 spiro atoms. The van der Waals surface area contributed by atoms with Crippen LogP contribution in [0.25, 0.3) is 0 Å². The molecule has 0 aromatic heterocycles. The Morgan fingerprint density at radius 3 is 2.68 bits per heavy atom. The lowest BCUT2D eigenvalue weighted by molar-refractivity contribution is -0.116. The number of benzene rings is 2. The van der Waals surface area contributed by atoms with E-state index in [-0.39, 0.29) is 5.91 Å². The highest BCUT2D eigenvalue weighted by molar-refractivity contribution is 5.93. The van der Waals surface area contributed by atoms with Crippen LogP contribution < -0.4 is 5.32 Å². The molecular formula is C22H26N2O. The van der Waals surface area contributed by atoms with Crippen molar-refractivity contribution < 1.29 is 4.79 Å². The second-order valence-corrected chi connectivity index (χ2v) is 7.46. The minimum atomic E-state index is 0.144. The summed E-state index contributed by atoms with van der Waals surface area (Å²) in [7, 11) is 0. The van der Waals surface area contributed by atoms with E-state index in [2.05, 4.69) is 58.7 Å². The van der Waals surface area contributed by atoms with E-state index in [1.165, 1.54) is 49.2 Å². The van der Waals surface area contributed by atoms with Crippen molar-refractivity contribution in [3.63, 3.8) is 0 Å². The molecule has 0 atom stereocenters. The maximum Gasteiger partial charge on any atom is 0.224 e. The molecule has 3 nitrogen and oxygen atoms in total. The van der Waals surface area contributed by atoms with E-state index in [1.54, 1.807) is 0 Å². The molecule has 0 bridgehead atoms. The van der Waals surface area contributed by atoms with Crippen LogP contribution in [0.5, 0.6) is 0 Å². The summed E-state index contributed by atoms with van der Waals surface area (Å²) >= 11 is 0. The van der Waals surface area contributed by atoms with Crippen molar-refractivity contribution in [1.29, 1.82) is 0 Å². The second kappa shape index (κ2) is 7.40. The zero-order valence-electron chi connectivity index (χ0n) is 14.7. The fraction of sp³-hybridized carbons (Fsp3) is 0.409. The van der Waals surface area contributed by atoms with Gasteiger partial charge in [-0.25, -0.2) is 0 Å². The lowest BCUT2D eigenvalue weighted by Gasteiger charge is -2.39. The summed E-state index contributed by atoms with van der Waals surface area (Å²) in [5.41, 5.74) is 5.18. The van der Waals surface area contributed by atoms with Gasteiger partial charge in [-0.2, -0.15) is 0 Å².